The van der Waals surface area contributed by atoms with Crippen molar-refractivity contribution < 1.29 is 4.79 Å². The summed E-state index contributed by atoms with van der Waals surface area (Å²) in [5.74, 6) is 1.24. The lowest BCUT2D eigenvalue weighted by Crippen LogP contribution is -2.32. The van der Waals surface area contributed by atoms with Gasteiger partial charge in [0.1, 0.15) is 5.69 Å². The smallest absolute Gasteiger partial charge is 0.274 e. The summed E-state index contributed by atoms with van der Waals surface area (Å²) in [7, 11) is 0. The molecule has 2 aromatic rings. The number of hydrogen-bond acceptors (Lipinski definition) is 3. The average molecular weight is 309 g/mol. The van der Waals surface area contributed by atoms with Gasteiger partial charge in [0.2, 0.25) is 0 Å². The van der Waals surface area contributed by atoms with Gasteiger partial charge in [0.05, 0.1) is 5.69 Å². The number of benzene rings is 1. The third-order valence-corrected chi connectivity index (χ3v) is 5.03. The first-order valence-electron chi connectivity index (χ1n) is 8.17. The Morgan fingerprint density at radius 1 is 1.00 bits per heavy atom. The number of carbonyl (C=O) groups is 1. The molecule has 0 N–H and O–H groups in total. The van der Waals surface area contributed by atoms with Crippen LogP contribution in [0.2, 0.25) is 0 Å². The lowest BCUT2D eigenvalue weighted by atomic mass is 10.0. The molecule has 2 fully saturated rings. The van der Waals surface area contributed by atoms with E-state index >= 15 is 0 Å². The van der Waals surface area contributed by atoms with Crippen molar-refractivity contribution in [1.82, 2.24) is 14.7 Å². The largest absolute Gasteiger partial charge is 0.337 e. The minimum Gasteiger partial charge on any atom is -0.337 e. The Balaban J connectivity index is 1.62. The predicted molar refractivity (Wildman–Crippen MR) is 86.6 cm³/mol. The number of fused-ring (bicyclic) bond motifs is 1. The molecule has 1 amide bonds. The minimum atomic E-state index is -0.231. The van der Waals surface area contributed by atoms with Gasteiger partial charge in [-0.05, 0) is 42.9 Å². The van der Waals surface area contributed by atoms with E-state index < -0.39 is 0 Å². The molecule has 5 nitrogen and oxygen atoms in total. The first kappa shape index (κ1) is 14.2. The van der Waals surface area contributed by atoms with Crippen LogP contribution in [0, 0.1) is 11.8 Å². The summed E-state index contributed by atoms with van der Waals surface area (Å²) in [5.41, 5.74) is 0.782. The van der Waals surface area contributed by atoms with Gasteiger partial charge in [-0.25, -0.2) is 0 Å². The Hall–Kier alpha value is -2.43. The van der Waals surface area contributed by atoms with Gasteiger partial charge in [0, 0.05) is 19.2 Å². The van der Waals surface area contributed by atoms with Crippen molar-refractivity contribution in [3.8, 4) is 5.69 Å². The maximum Gasteiger partial charge on any atom is 0.274 e. The van der Waals surface area contributed by atoms with E-state index in [1.807, 2.05) is 35.2 Å². The zero-order valence-corrected chi connectivity index (χ0v) is 12.9. The lowest BCUT2D eigenvalue weighted by Gasteiger charge is -2.17. The maximum absolute atomic E-state index is 12.7. The fourth-order valence-corrected chi connectivity index (χ4v) is 3.84. The third kappa shape index (κ3) is 2.56. The van der Waals surface area contributed by atoms with Crippen LogP contribution < -0.4 is 5.56 Å². The van der Waals surface area contributed by atoms with E-state index in [0.717, 1.165) is 13.1 Å². The van der Waals surface area contributed by atoms with Crippen LogP contribution in [-0.4, -0.2) is 33.7 Å². The molecule has 118 valence electrons. The van der Waals surface area contributed by atoms with Crippen molar-refractivity contribution in [2.75, 3.05) is 13.1 Å². The van der Waals surface area contributed by atoms with Gasteiger partial charge in [0.15, 0.2) is 0 Å². The highest BCUT2D eigenvalue weighted by Gasteiger charge is 2.38. The van der Waals surface area contributed by atoms with Crippen LogP contribution in [0.15, 0.2) is 47.3 Å². The monoisotopic (exact) mass is 309 g/mol. The fraction of sp³-hybridized carbons (Fsp3) is 0.389. The second-order valence-corrected chi connectivity index (χ2v) is 6.47. The molecule has 1 aliphatic carbocycles. The molecule has 0 unspecified atom stereocenters. The van der Waals surface area contributed by atoms with Gasteiger partial charge >= 0.3 is 0 Å². The van der Waals surface area contributed by atoms with Crippen LogP contribution >= 0.6 is 0 Å². The van der Waals surface area contributed by atoms with Gasteiger partial charge < -0.3 is 4.90 Å². The molecule has 23 heavy (non-hydrogen) atoms. The van der Waals surface area contributed by atoms with Crippen LogP contribution in [0.3, 0.4) is 0 Å². The van der Waals surface area contributed by atoms with Crippen molar-refractivity contribution in [3.63, 3.8) is 0 Å². The van der Waals surface area contributed by atoms with Crippen LogP contribution in [0.1, 0.15) is 29.8 Å². The molecule has 2 atom stereocenters. The van der Waals surface area contributed by atoms with Crippen molar-refractivity contribution in [1.29, 1.82) is 0 Å². The number of nitrogens with zero attached hydrogens (tertiary/aromatic N) is 3. The van der Waals surface area contributed by atoms with Crippen LogP contribution in [0.25, 0.3) is 5.69 Å². The molecule has 1 aliphatic heterocycles. The first-order chi connectivity index (χ1) is 11.2. The Morgan fingerprint density at radius 2 is 1.70 bits per heavy atom. The van der Waals surface area contributed by atoms with Gasteiger partial charge in [0.25, 0.3) is 11.5 Å². The zero-order valence-electron chi connectivity index (χ0n) is 12.9. The van der Waals surface area contributed by atoms with Crippen molar-refractivity contribution in [2.45, 2.75) is 19.3 Å². The van der Waals surface area contributed by atoms with E-state index in [1.54, 1.807) is 0 Å². The highest BCUT2D eigenvalue weighted by molar-refractivity contribution is 5.92. The minimum absolute atomic E-state index is 0.0657. The molecule has 1 saturated carbocycles. The molecule has 4 rings (SSSR count). The molecule has 5 heteroatoms. The zero-order chi connectivity index (χ0) is 15.8. The summed E-state index contributed by atoms with van der Waals surface area (Å²) in [6.07, 6.45) is 3.74. The van der Waals surface area contributed by atoms with E-state index in [4.69, 9.17) is 0 Å². The second-order valence-electron chi connectivity index (χ2n) is 6.47. The summed E-state index contributed by atoms with van der Waals surface area (Å²) in [4.78, 5) is 26.7. The summed E-state index contributed by atoms with van der Waals surface area (Å²) in [6, 6.07) is 12.2. The Labute approximate surface area is 134 Å². The number of rotatable bonds is 2. The number of amides is 1. The Bertz CT molecular complexity index is 772. The molecular weight excluding hydrogens is 290 g/mol. The molecular formula is C18H19N3O2. The van der Waals surface area contributed by atoms with Gasteiger partial charge in [-0.2, -0.15) is 9.78 Å². The molecule has 1 aromatic heterocycles. The van der Waals surface area contributed by atoms with Gasteiger partial charge in [-0.1, -0.05) is 24.6 Å². The third-order valence-electron chi connectivity index (χ3n) is 5.03. The molecule has 2 aliphatic rings. The van der Waals surface area contributed by atoms with Crippen LogP contribution in [0.5, 0.6) is 0 Å². The van der Waals surface area contributed by atoms with Gasteiger partial charge in [-0.3, -0.25) is 9.59 Å². The number of hydrogen-bond donors (Lipinski definition) is 0. The van der Waals surface area contributed by atoms with E-state index in [9.17, 15) is 9.59 Å². The predicted octanol–water partition coefficient (Wildman–Crippen LogP) is 2.10. The van der Waals surface area contributed by atoms with Crippen molar-refractivity contribution in [2.24, 2.45) is 11.8 Å². The highest BCUT2D eigenvalue weighted by Crippen LogP contribution is 2.37. The normalized spacial score (nSPS) is 23.0. The molecule has 0 bridgehead atoms. The standard InChI is InChI=1S/C18H19N3O2/c22-17-10-9-16(19-21(17)15-7-2-1-3-8-15)18(23)20-11-13-5-4-6-14(13)12-20/h1-3,7-10,13-14H,4-6,11-12H2/t13-,14-/m1/s1. The average Bonchev–Trinajstić information content (AvgIpc) is 3.17. The van der Waals surface area contributed by atoms with E-state index in [-0.39, 0.29) is 11.5 Å². The SMILES string of the molecule is O=C(c1ccc(=O)n(-c2ccccc2)n1)N1C[C@H]2CCC[C@@H]2C1. The van der Waals surface area contributed by atoms with E-state index in [0.29, 0.717) is 23.2 Å². The second kappa shape index (κ2) is 5.65. The molecule has 0 spiro atoms. The Morgan fingerprint density at radius 3 is 2.39 bits per heavy atom. The summed E-state index contributed by atoms with van der Waals surface area (Å²) in [5, 5.41) is 4.29. The lowest BCUT2D eigenvalue weighted by molar-refractivity contribution is 0.0772. The first-order valence-corrected chi connectivity index (χ1v) is 8.17. The fourth-order valence-electron chi connectivity index (χ4n) is 3.84. The number of para-hydroxylation sites is 1. The number of likely N-dealkylation sites (tertiary alicyclic amines) is 1. The van der Waals surface area contributed by atoms with Gasteiger partial charge in [-0.15, -0.1) is 0 Å². The van der Waals surface area contributed by atoms with Crippen LogP contribution in [-0.2, 0) is 0 Å². The van der Waals surface area contributed by atoms with E-state index in [2.05, 4.69) is 5.10 Å². The summed E-state index contributed by atoms with van der Waals surface area (Å²) >= 11 is 0. The molecule has 0 radical (unpaired) electrons. The molecule has 2 heterocycles. The van der Waals surface area contributed by atoms with Crippen LogP contribution in [0.4, 0.5) is 0 Å². The van der Waals surface area contributed by atoms with Crippen molar-refractivity contribution in [3.05, 3.63) is 58.5 Å². The topological polar surface area (TPSA) is 55.2 Å². The highest BCUT2D eigenvalue weighted by atomic mass is 16.2. The molecule has 1 saturated heterocycles. The van der Waals surface area contributed by atoms with Crippen molar-refractivity contribution >= 4 is 5.91 Å². The Kier molecular flexibility index (Phi) is 3.48. The molecule has 1 aromatic carbocycles. The summed E-state index contributed by atoms with van der Waals surface area (Å²) in [6.45, 7) is 1.66. The number of aromatic nitrogens is 2. The quantitative estimate of drug-likeness (QED) is 0.853. The van der Waals surface area contributed by atoms with E-state index in [1.165, 1.54) is 36.1 Å². The summed E-state index contributed by atoms with van der Waals surface area (Å²) < 4.78 is 1.30. The number of carbonyl (C=O) groups excluding carboxylic acids is 1. The maximum atomic E-state index is 12.7.